The van der Waals surface area contributed by atoms with Gasteiger partial charge in [-0.1, -0.05) is 23.2 Å². The number of benzene rings is 1. The molecule has 0 aliphatic carbocycles. The van der Waals surface area contributed by atoms with Crippen molar-refractivity contribution >= 4 is 35.6 Å². The molecule has 0 radical (unpaired) electrons. The van der Waals surface area contributed by atoms with Gasteiger partial charge in [0.2, 0.25) is 0 Å². The molecule has 2 rings (SSSR count). The minimum atomic E-state index is -0.503. The van der Waals surface area contributed by atoms with E-state index in [2.05, 4.69) is 10.2 Å². The summed E-state index contributed by atoms with van der Waals surface area (Å²) in [7, 11) is 0. The Morgan fingerprint density at radius 2 is 1.79 bits per heavy atom. The van der Waals surface area contributed by atoms with E-state index in [0.717, 1.165) is 26.2 Å². The highest BCUT2D eigenvalue weighted by atomic mass is 35.5. The molecule has 19 heavy (non-hydrogen) atoms. The lowest BCUT2D eigenvalue weighted by Gasteiger charge is -2.33. The van der Waals surface area contributed by atoms with Crippen LogP contribution in [0.4, 0.5) is 4.39 Å². The van der Waals surface area contributed by atoms with Crippen LogP contribution in [0.15, 0.2) is 12.1 Å². The lowest BCUT2D eigenvalue weighted by Crippen LogP contribution is -2.45. The number of hydrogen-bond donors (Lipinski definition) is 2. The van der Waals surface area contributed by atoms with Crippen molar-refractivity contribution in [3.05, 3.63) is 27.7 Å². The Morgan fingerprint density at radius 3 is 2.26 bits per heavy atom. The number of nitrogens with one attached hydrogen (secondary N) is 1. The number of piperazine rings is 1. The summed E-state index contributed by atoms with van der Waals surface area (Å²) in [5.74, 6) is -0.153. The number of alkyl halides is 1. The molecule has 108 valence electrons. The van der Waals surface area contributed by atoms with E-state index >= 15 is 0 Å². The molecular weight excluding hydrogens is 314 g/mol. The lowest BCUT2D eigenvalue weighted by atomic mass is 10.1. The van der Waals surface area contributed by atoms with Crippen LogP contribution in [-0.2, 0) is 0 Å². The first-order valence-corrected chi connectivity index (χ1v) is 6.57. The average molecular weight is 330 g/mol. The molecule has 1 aromatic carbocycles. The Kier molecular flexibility index (Phi) is 6.63. The van der Waals surface area contributed by atoms with E-state index in [9.17, 15) is 9.50 Å². The van der Waals surface area contributed by atoms with Crippen LogP contribution in [0.3, 0.4) is 0 Å². The van der Waals surface area contributed by atoms with E-state index in [1.165, 1.54) is 0 Å². The summed E-state index contributed by atoms with van der Waals surface area (Å²) in [6.45, 7) is 2.75. The van der Waals surface area contributed by atoms with Crippen LogP contribution in [0, 0.1) is 0 Å². The zero-order valence-electron chi connectivity index (χ0n) is 10.2. The van der Waals surface area contributed by atoms with Crippen molar-refractivity contribution in [3.8, 4) is 5.75 Å². The van der Waals surface area contributed by atoms with Gasteiger partial charge >= 0.3 is 0 Å². The van der Waals surface area contributed by atoms with Crippen LogP contribution in [0.5, 0.6) is 5.75 Å². The summed E-state index contributed by atoms with van der Waals surface area (Å²) in [5.41, 5.74) is 0.701. The predicted octanol–water partition coefficient (Wildman–Crippen LogP) is 3.04. The molecule has 1 aromatic rings. The molecule has 0 spiro atoms. The number of nitrogens with zero attached hydrogens (tertiary/aromatic N) is 1. The maximum Gasteiger partial charge on any atom is 0.152 e. The van der Waals surface area contributed by atoms with Gasteiger partial charge < -0.3 is 10.4 Å². The van der Waals surface area contributed by atoms with Crippen molar-refractivity contribution in [1.82, 2.24) is 10.2 Å². The Balaban J connectivity index is 0.00000180. The van der Waals surface area contributed by atoms with Gasteiger partial charge in [-0.2, -0.15) is 0 Å². The molecule has 1 saturated heterocycles. The van der Waals surface area contributed by atoms with Crippen molar-refractivity contribution in [1.29, 1.82) is 0 Å². The number of phenolic OH excluding ortho intramolecular Hbond substituents is 1. The minimum absolute atomic E-state index is 0. The monoisotopic (exact) mass is 328 g/mol. The van der Waals surface area contributed by atoms with Gasteiger partial charge in [0.05, 0.1) is 16.1 Å². The molecule has 1 aliphatic rings. The van der Waals surface area contributed by atoms with Gasteiger partial charge in [-0.05, 0) is 17.7 Å². The molecule has 0 bridgehead atoms. The minimum Gasteiger partial charge on any atom is -0.505 e. The Bertz CT molecular complexity index is 404. The standard InChI is InChI=1S/C12H15Cl2FN2O.ClH/c13-9-5-8(6-10(14)12(9)18)11(7-15)17-3-1-16-2-4-17;/h5-6,11,16,18H,1-4,7H2;1H/t11-;/m1./s1. The van der Waals surface area contributed by atoms with Gasteiger partial charge in [0.15, 0.2) is 5.75 Å². The van der Waals surface area contributed by atoms with Crippen molar-refractivity contribution in [2.24, 2.45) is 0 Å². The lowest BCUT2D eigenvalue weighted by molar-refractivity contribution is 0.147. The van der Waals surface area contributed by atoms with Crippen LogP contribution < -0.4 is 5.32 Å². The Morgan fingerprint density at radius 1 is 1.26 bits per heavy atom. The quantitative estimate of drug-likeness (QED) is 0.895. The first-order valence-electron chi connectivity index (χ1n) is 5.82. The largest absolute Gasteiger partial charge is 0.505 e. The molecule has 1 heterocycles. The molecule has 1 aliphatic heterocycles. The third-order valence-corrected chi connectivity index (χ3v) is 3.74. The summed E-state index contributed by atoms with van der Waals surface area (Å²) in [4.78, 5) is 2.05. The normalized spacial score (nSPS) is 17.8. The number of phenols is 1. The second kappa shape index (κ2) is 7.50. The van der Waals surface area contributed by atoms with E-state index in [4.69, 9.17) is 23.2 Å². The fraction of sp³-hybridized carbons (Fsp3) is 0.500. The van der Waals surface area contributed by atoms with Crippen molar-refractivity contribution in [2.75, 3.05) is 32.9 Å². The average Bonchev–Trinajstić information content (AvgIpc) is 2.38. The van der Waals surface area contributed by atoms with Gasteiger partial charge in [0.25, 0.3) is 0 Å². The molecule has 7 heteroatoms. The summed E-state index contributed by atoms with van der Waals surface area (Å²) < 4.78 is 13.3. The number of aromatic hydroxyl groups is 1. The fourth-order valence-electron chi connectivity index (χ4n) is 2.17. The molecule has 0 amide bonds. The van der Waals surface area contributed by atoms with Crippen molar-refractivity contribution < 1.29 is 9.50 Å². The number of halogens is 4. The van der Waals surface area contributed by atoms with Crippen LogP contribution in [-0.4, -0.2) is 42.9 Å². The molecule has 3 nitrogen and oxygen atoms in total. The summed E-state index contributed by atoms with van der Waals surface area (Å²) in [6.07, 6.45) is 0. The first-order chi connectivity index (χ1) is 8.63. The highest BCUT2D eigenvalue weighted by Gasteiger charge is 2.23. The predicted molar refractivity (Wildman–Crippen MR) is 78.5 cm³/mol. The molecule has 0 unspecified atom stereocenters. The SMILES string of the molecule is Cl.Oc1c(Cl)cc([C@@H](CF)N2CCNCC2)cc1Cl. The van der Waals surface area contributed by atoms with E-state index in [1.807, 2.05) is 0 Å². The number of rotatable bonds is 3. The first kappa shape index (κ1) is 16.8. The van der Waals surface area contributed by atoms with E-state index < -0.39 is 6.67 Å². The highest BCUT2D eigenvalue weighted by molar-refractivity contribution is 6.37. The third kappa shape index (κ3) is 3.86. The maximum absolute atomic E-state index is 13.3. The second-order valence-corrected chi connectivity index (χ2v) is 5.10. The Labute approximate surface area is 128 Å². The van der Waals surface area contributed by atoms with Crippen LogP contribution in [0.2, 0.25) is 10.0 Å². The van der Waals surface area contributed by atoms with Gasteiger partial charge in [-0.25, -0.2) is 4.39 Å². The van der Waals surface area contributed by atoms with Crippen LogP contribution in [0.25, 0.3) is 0 Å². The molecular formula is C12H16Cl3FN2O. The zero-order chi connectivity index (χ0) is 13.1. The van der Waals surface area contributed by atoms with Gasteiger partial charge in [-0.15, -0.1) is 12.4 Å². The molecule has 1 fully saturated rings. The van der Waals surface area contributed by atoms with Gasteiger partial charge in [0.1, 0.15) is 6.67 Å². The zero-order valence-corrected chi connectivity index (χ0v) is 12.5. The topological polar surface area (TPSA) is 35.5 Å². The van der Waals surface area contributed by atoms with Crippen LogP contribution >= 0.6 is 35.6 Å². The highest BCUT2D eigenvalue weighted by Crippen LogP contribution is 2.36. The summed E-state index contributed by atoms with van der Waals surface area (Å²) in [5, 5.41) is 13.1. The third-order valence-electron chi connectivity index (χ3n) is 3.16. The van der Waals surface area contributed by atoms with Crippen LogP contribution in [0.1, 0.15) is 11.6 Å². The van der Waals surface area contributed by atoms with Gasteiger partial charge in [0, 0.05) is 26.2 Å². The van der Waals surface area contributed by atoms with Gasteiger partial charge in [-0.3, -0.25) is 4.90 Å². The van der Waals surface area contributed by atoms with E-state index in [-0.39, 0.29) is 34.2 Å². The summed E-state index contributed by atoms with van der Waals surface area (Å²) in [6, 6.07) is 2.80. The molecule has 1 atom stereocenters. The smallest absolute Gasteiger partial charge is 0.152 e. The van der Waals surface area contributed by atoms with E-state index in [1.54, 1.807) is 12.1 Å². The maximum atomic E-state index is 13.3. The summed E-state index contributed by atoms with van der Waals surface area (Å²) >= 11 is 11.7. The van der Waals surface area contributed by atoms with E-state index in [0.29, 0.717) is 5.56 Å². The molecule has 2 N–H and O–H groups in total. The molecule has 0 aromatic heterocycles. The second-order valence-electron chi connectivity index (χ2n) is 4.29. The Hall–Kier alpha value is -0.260. The molecule has 0 saturated carbocycles. The fourth-order valence-corrected chi connectivity index (χ4v) is 2.67. The van der Waals surface area contributed by atoms with Crippen molar-refractivity contribution in [2.45, 2.75) is 6.04 Å². The van der Waals surface area contributed by atoms with Crippen molar-refractivity contribution in [3.63, 3.8) is 0 Å². The number of hydrogen-bond acceptors (Lipinski definition) is 3.